The third kappa shape index (κ3) is 2.48. The highest BCUT2D eigenvalue weighted by Gasteiger charge is 2.21. The SMILES string of the molecule is COc1ccc(-c2cc(C)c3c4ccccc4ccc3[n+]2C)c(OC)c1. The highest BCUT2D eigenvalue weighted by Crippen LogP contribution is 2.34. The maximum Gasteiger partial charge on any atom is 0.216 e. The van der Waals surface area contributed by atoms with Gasteiger partial charge in [-0.15, -0.1) is 0 Å². The Morgan fingerprint density at radius 1 is 0.846 bits per heavy atom. The van der Waals surface area contributed by atoms with Crippen molar-refractivity contribution in [2.24, 2.45) is 7.05 Å². The highest BCUT2D eigenvalue weighted by atomic mass is 16.5. The van der Waals surface area contributed by atoms with Crippen molar-refractivity contribution in [1.29, 1.82) is 0 Å². The summed E-state index contributed by atoms with van der Waals surface area (Å²) in [6.45, 7) is 2.17. The van der Waals surface area contributed by atoms with Gasteiger partial charge in [0.1, 0.15) is 18.5 Å². The van der Waals surface area contributed by atoms with E-state index in [1.54, 1.807) is 14.2 Å². The Labute approximate surface area is 153 Å². The van der Waals surface area contributed by atoms with Gasteiger partial charge in [-0.1, -0.05) is 24.3 Å². The molecule has 4 rings (SSSR count). The number of hydrogen-bond donors (Lipinski definition) is 0. The Balaban J connectivity index is 2.04. The molecule has 26 heavy (non-hydrogen) atoms. The molecule has 0 radical (unpaired) electrons. The summed E-state index contributed by atoms with van der Waals surface area (Å²) in [5, 5.41) is 3.84. The average molecular weight is 344 g/mol. The number of pyridine rings is 1. The molecule has 4 aromatic rings. The summed E-state index contributed by atoms with van der Waals surface area (Å²) in [6.07, 6.45) is 0. The predicted octanol–water partition coefficient (Wildman–Crippen LogP) is 4.81. The summed E-state index contributed by atoms with van der Waals surface area (Å²) in [5.74, 6) is 1.59. The number of methoxy groups -OCH3 is 2. The van der Waals surface area contributed by atoms with Crippen LogP contribution in [0.15, 0.2) is 60.7 Å². The maximum atomic E-state index is 5.63. The Morgan fingerprint density at radius 3 is 2.42 bits per heavy atom. The minimum atomic E-state index is 0.789. The van der Waals surface area contributed by atoms with Crippen LogP contribution in [-0.2, 0) is 7.05 Å². The summed E-state index contributed by atoms with van der Waals surface area (Å²) in [4.78, 5) is 0. The molecule has 0 atom stereocenters. The third-order valence-corrected chi connectivity index (χ3v) is 5.06. The fourth-order valence-electron chi connectivity index (χ4n) is 3.73. The van der Waals surface area contributed by atoms with Gasteiger partial charge >= 0.3 is 0 Å². The van der Waals surface area contributed by atoms with Crippen LogP contribution in [0.25, 0.3) is 32.9 Å². The normalized spacial score (nSPS) is 11.1. The van der Waals surface area contributed by atoms with E-state index in [-0.39, 0.29) is 0 Å². The Hall–Kier alpha value is -3.07. The lowest BCUT2D eigenvalue weighted by molar-refractivity contribution is -0.633. The molecule has 3 aromatic carbocycles. The van der Waals surface area contributed by atoms with Crippen molar-refractivity contribution in [3.05, 3.63) is 66.2 Å². The molecule has 1 heterocycles. The van der Waals surface area contributed by atoms with Gasteiger partial charge in [-0.25, -0.2) is 0 Å². The molecular weight excluding hydrogens is 322 g/mol. The Morgan fingerprint density at radius 2 is 1.65 bits per heavy atom. The summed E-state index contributed by atoms with van der Waals surface area (Å²) in [5.41, 5.74) is 4.62. The van der Waals surface area contributed by atoms with Gasteiger partial charge in [-0.3, -0.25) is 0 Å². The van der Waals surface area contributed by atoms with Crippen molar-refractivity contribution in [3.8, 4) is 22.8 Å². The van der Waals surface area contributed by atoms with Crippen LogP contribution < -0.4 is 14.0 Å². The third-order valence-electron chi connectivity index (χ3n) is 5.06. The molecule has 0 bridgehead atoms. The van der Waals surface area contributed by atoms with Crippen LogP contribution in [0.1, 0.15) is 5.56 Å². The summed E-state index contributed by atoms with van der Waals surface area (Å²) < 4.78 is 13.2. The van der Waals surface area contributed by atoms with E-state index < -0.39 is 0 Å². The second kappa shape index (κ2) is 6.34. The first-order valence-electron chi connectivity index (χ1n) is 8.67. The summed E-state index contributed by atoms with van der Waals surface area (Å²) >= 11 is 0. The van der Waals surface area contributed by atoms with Crippen molar-refractivity contribution < 1.29 is 14.0 Å². The predicted molar refractivity (Wildman–Crippen MR) is 106 cm³/mol. The zero-order valence-corrected chi connectivity index (χ0v) is 15.5. The van der Waals surface area contributed by atoms with E-state index in [2.05, 4.69) is 67.1 Å². The molecule has 0 fully saturated rings. The van der Waals surface area contributed by atoms with Crippen LogP contribution in [0.4, 0.5) is 0 Å². The van der Waals surface area contributed by atoms with Crippen molar-refractivity contribution in [2.75, 3.05) is 14.2 Å². The van der Waals surface area contributed by atoms with Gasteiger partial charge in [0, 0.05) is 18.2 Å². The topological polar surface area (TPSA) is 22.3 Å². The summed E-state index contributed by atoms with van der Waals surface area (Å²) in [6, 6.07) is 21.1. The Kier molecular flexibility index (Phi) is 4.00. The Bertz CT molecular complexity index is 1130. The minimum Gasteiger partial charge on any atom is -0.497 e. The highest BCUT2D eigenvalue weighted by molar-refractivity contribution is 6.07. The first-order chi connectivity index (χ1) is 12.6. The molecule has 130 valence electrons. The molecule has 0 spiro atoms. The fourth-order valence-corrected chi connectivity index (χ4v) is 3.73. The molecule has 0 saturated carbocycles. The van der Waals surface area contributed by atoms with E-state index in [0.29, 0.717) is 0 Å². The molecule has 3 nitrogen and oxygen atoms in total. The van der Waals surface area contributed by atoms with E-state index in [0.717, 1.165) is 22.8 Å². The molecule has 0 aliphatic rings. The number of nitrogens with zero attached hydrogens (tertiary/aromatic N) is 1. The van der Waals surface area contributed by atoms with Gasteiger partial charge in [0.25, 0.3) is 0 Å². The van der Waals surface area contributed by atoms with Gasteiger partial charge in [-0.05, 0) is 41.5 Å². The number of fused-ring (bicyclic) bond motifs is 3. The smallest absolute Gasteiger partial charge is 0.216 e. The molecular formula is C23H22NO2+. The van der Waals surface area contributed by atoms with E-state index in [1.807, 2.05) is 12.1 Å². The zero-order chi connectivity index (χ0) is 18.3. The minimum absolute atomic E-state index is 0.789. The lowest BCUT2D eigenvalue weighted by atomic mass is 9.98. The number of rotatable bonds is 3. The van der Waals surface area contributed by atoms with E-state index >= 15 is 0 Å². The second-order valence-electron chi connectivity index (χ2n) is 6.52. The van der Waals surface area contributed by atoms with Gasteiger partial charge in [0.15, 0.2) is 0 Å². The first kappa shape index (κ1) is 16.4. The van der Waals surface area contributed by atoms with Crippen LogP contribution in [0, 0.1) is 6.92 Å². The largest absolute Gasteiger partial charge is 0.497 e. The van der Waals surface area contributed by atoms with Crippen molar-refractivity contribution >= 4 is 21.7 Å². The molecule has 3 heteroatoms. The maximum absolute atomic E-state index is 5.63. The molecule has 0 saturated heterocycles. The number of aryl methyl sites for hydroxylation is 2. The van der Waals surface area contributed by atoms with Crippen molar-refractivity contribution in [2.45, 2.75) is 6.92 Å². The fraction of sp³-hybridized carbons (Fsp3) is 0.174. The molecule has 0 unspecified atom stereocenters. The van der Waals surface area contributed by atoms with Crippen LogP contribution in [-0.4, -0.2) is 14.2 Å². The average Bonchev–Trinajstić information content (AvgIpc) is 2.69. The quantitative estimate of drug-likeness (QED) is 0.393. The molecule has 0 amide bonds. The summed E-state index contributed by atoms with van der Waals surface area (Å²) in [7, 11) is 5.47. The van der Waals surface area contributed by atoms with Crippen LogP contribution in [0.5, 0.6) is 11.5 Å². The number of aromatic nitrogens is 1. The van der Waals surface area contributed by atoms with Gasteiger partial charge in [0.05, 0.1) is 25.2 Å². The van der Waals surface area contributed by atoms with Gasteiger partial charge in [-0.2, -0.15) is 4.57 Å². The van der Waals surface area contributed by atoms with E-state index in [4.69, 9.17) is 9.47 Å². The van der Waals surface area contributed by atoms with Gasteiger partial charge < -0.3 is 9.47 Å². The van der Waals surface area contributed by atoms with Crippen LogP contribution >= 0.6 is 0 Å². The number of benzene rings is 3. The van der Waals surface area contributed by atoms with Crippen molar-refractivity contribution in [3.63, 3.8) is 0 Å². The number of ether oxygens (including phenoxy) is 2. The lowest BCUT2D eigenvalue weighted by Gasteiger charge is -2.12. The van der Waals surface area contributed by atoms with E-state index in [1.165, 1.54) is 27.2 Å². The molecule has 0 aliphatic carbocycles. The standard InChI is InChI=1S/C23H22NO2/c1-15-13-21(19-11-10-17(25-3)14-22(19)26-4)24(2)20-12-9-16-7-5-6-8-18(16)23(15)20/h5-14H,1-4H3/q+1. The second-order valence-corrected chi connectivity index (χ2v) is 6.52. The monoisotopic (exact) mass is 344 g/mol. The number of hydrogen-bond acceptors (Lipinski definition) is 2. The lowest BCUT2D eigenvalue weighted by Crippen LogP contribution is -2.32. The zero-order valence-electron chi connectivity index (χ0n) is 15.5. The van der Waals surface area contributed by atoms with Crippen LogP contribution in [0.2, 0.25) is 0 Å². The van der Waals surface area contributed by atoms with E-state index in [9.17, 15) is 0 Å². The molecule has 1 aromatic heterocycles. The first-order valence-corrected chi connectivity index (χ1v) is 8.67. The van der Waals surface area contributed by atoms with Crippen molar-refractivity contribution in [1.82, 2.24) is 0 Å². The van der Waals surface area contributed by atoms with Crippen LogP contribution in [0.3, 0.4) is 0 Å². The molecule has 0 aliphatic heterocycles. The molecule has 0 N–H and O–H groups in total. The van der Waals surface area contributed by atoms with Gasteiger partial charge in [0.2, 0.25) is 11.2 Å².